The zero-order valence-electron chi connectivity index (χ0n) is 15.9. The van der Waals surface area contributed by atoms with Crippen LogP contribution in [0, 0.1) is 25.2 Å². The summed E-state index contributed by atoms with van der Waals surface area (Å²) in [4.78, 5) is 24.7. The highest BCUT2D eigenvalue weighted by Crippen LogP contribution is 2.32. The summed E-state index contributed by atoms with van der Waals surface area (Å²) in [5.74, 6) is -0.682. The molecule has 0 saturated heterocycles. The lowest BCUT2D eigenvalue weighted by Gasteiger charge is -2.29. The van der Waals surface area contributed by atoms with E-state index in [1.54, 1.807) is 32.9 Å². The maximum Gasteiger partial charge on any atom is 0.336 e. The van der Waals surface area contributed by atoms with Crippen LogP contribution in [0.3, 0.4) is 0 Å². The first-order valence-electron chi connectivity index (χ1n) is 8.62. The maximum atomic E-state index is 12.9. The van der Waals surface area contributed by atoms with Gasteiger partial charge in [0.15, 0.2) is 5.69 Å². The highest BCUT2D eigenvalue weighted by molar-refractivity contribution is 7.90. The fourth-order valence-corrected chi connectivity index (χ4v) is 4.75. The van der Waals surface area contributed by atoms with Gasteiger partial charge in [-0.15, -0.1) is 5.10 Å². The molecule has 0 aliphatic carbocycles. The number of fused-ring (bicyclic) bond motifs is 1. The molecule has 0 radical (unpaired) electrons. The second-order valence-corrected chi connectivity index (χ2v) is 8.39. The van der Waals surface area contributed by atoms with Gasteiger partial charge in [-0.25, -0.2) is 17.5 Å². The number of rotatable bonds is 4. The van der Waals surface area contributed by atoms with Gasteiger partial charge in [0, 0.05) is 0 Å². The molecule has 0 fully saturated rings. The number of aryl methyl sites for hydroxylation is 2. The smallest absolute Gasteiger partial charge is 0.336 e. The van der Waals surface area contributed by atoms with Crippen LogP contribution < -0.4 is 10.6 Å². The van der Waals surface area contributed by atoms with Gasteiger partial charge in [0.2, 0.25) is 5.91 Å². The minimum Gasteiger partial charge on any atom is -0.346 e. The van der Waals surface area contributed by atoms with Gasteiger partial charge >= 0.3 is 6.03 Å². The van der Waals surface area contributed by atoms with Crippen LogP contribution in [0.15, 0.2) is 29.2 Å². The Hall–Kier alpha value is -3.52. The zero-order valence-corrected chi connectivity index (χ0v) is 16.7. The van der Waals surface area contributed by atoms with E-state index in [1.165, 1.54) is 12.1 Å². The molecule has 1 aliphatic heterocycles. The van der Waals surface area contributed by atoms with E-state index < -0.39 is 34.5 Å². The van der Waals surface area contributed by atoms with Gasteiger partial charge in [0.1, 0.15) is 17.5 Å². The average molecular weight is 414 g/mol. The van der Waals surface area contributed by atoms with Gasteiger partial charge in [-0.1, -0.05) is 12.1 Å². The summed E-state index contributed by atoms with van der Waals surface area (Å²) >= 11 is 0. The fourth-order valence-electron chi connectivity index (χ4n) is 3.11. The normalized spacial score (nSPS) is 15.7. The molecule has 0 unspecified atom stereocenters. The summed E-state index contributed by atoms with van der Waals surface area (Å²) in [6, 6.07) is 6.64. The monoisotopic (exact) mass is 414 g/mol. The Balaban J connectivity index is 1.79. The van der Waals surface area contributed by atoms with Gasteiger partial charge in [0.05, 0.1) is 17.4 Å². The molecule has 0 saturated carbocycles. The third kappa shape index (κ3) is 3.74. The largest absolute Gasteiger partial charge is 0.346 e. The van der Waals surface area contributed by atoms with Crippen molar-refractivity contribution in [3.63, 3.8) is 0 Å². The van der Waals surface area contributed by atoms with Crippen molar-refractivity contribution in [1.29, 1.82) is 5.26 Å². The van der Waals surface area contributed by atoms with Crippen LogP contribution in [0.1, 0.15) is 35.5 Å². The molecule has 0 spiro atoms. The molecule has 2 aromatic rings. The molecule has 2 heterocycles. The molecule has 2 N–H and O–H groups in total. The lowest BCUT2D eigenvalue weighted by molar-refractivity contribution is -0.121. The summed E-state index contributed by atoms with van der Waals surface area (Å²) in [5, 5.41) is 21.6. The van der Waals surface area contributed by atoms with Crippen LogP contribution in [-0.2, 0) is 14.8 Å². The fraction of sp³-hybridized carbons (Fsp3) is 0.278. The van der Waals surface area contributed by atoms with Gasteiger partial charge in [-0.2, -0.15) is 10.4 Å². The topological polar surface area (TPSA) is 145 Å². The second-order valence-electron chi connectivity index (χ2n) is 6.59. The van der Waals surface area contributed by atoms with Crippen LogP contribution in [0.5, 0.6) is 0 Å². The van der Waals surface area contributed by atoms with E-state index in [1.807, 2.05) is 6.07 Å². The number of carbonyl (C=O) groups excluding carboxylic acids is 2. The van der Waals surface area contributed by atoms with Crippen LogP contribution in [-0.4, -0.2) is 41.4 Å². The highest BCUT2D eigenvalue weighted by Gasteiger charge is 2.39. The van der Waals surface area contributed by atoms with Crippen LogP contribution in [0.25, 0.3) is 0 Å². The third-order valence-corrected chi connectivity index (χ3v) is 6.37. The molecule has 3 amide bonds. The van der Waals surface area contributed by atoms with Gasteiger partial charge < -0.3 is 10.6 Å². The number of nitrogens with zero attached hydrogens (tertiary/aromatic N) is 4. The molecule has 1 aromatic carbocycles. The Morgan fingerprint density at radius 3 is 2.69 bits per heavy atom. The average Bonchev–Trinajstić information content (AvgIpc) is 2.64. The number of amides is 3. The molecule has 150 valence electrons. The SMILES string of the molecule is Cc1cc(C#N)nnc1[C@@H](C)NC(=O)CN1C(=O)Nc2cccc(C)c2S1(=O)=O. The molecule has 11 heteroatoms. The van der Waals surface area contributed by atoms with Crippen molar-refractivity contribution >= 4 is 27.6 Å². The van der Waals surface area contributed by atoms with Gasteiger partial charge in [-0.05, 0) is 44.0 Å². The van der Waals surface area contributed by atoms with Crippen molar-refractivity contribution in [2.45, 2.75) is 31.7 Å². The van der Waals surface area contributed by atoms with Crippen LogP contribution in [0.4, 0.5) is 10.5 Å². The van der Waals surface area contributed by atoms with E-state index in [2.05, 4.69) is 20.8 Å². The summed E-state index contributed by atoms with van der Waals surface area (Å²) in [6.45, 7) is 4.29. The van der Waals surface area contributed by atoms with Crippen molar-refractivity contribution < 1.29 is 18.0 Å². The predicted molar refractivity (Wildman–Crippen MR) is 102 cm³/mol. The molecule has 1 aromatic heterocycles. The number of hydrogen-bond acceptors (Lipinski definition) is 7. The van der Waals surface area contributed by atoms with Crippen molar-refractivity contribution in [3.8, 4) is 6.07 Å². The number of urea groups is 1. The number of carbonyl (C=O) groups is 2. The number of sulfonamides is 1. The van der Waals surface area contributed by atoms with E-state index in [4.69, 9.17) is 5.26 Å². The molecule has 1 aliphatic rings. The highest BCUT2D eigenvalue weighted by atomic mass is 32.2. The van der Waals surface area contributed by atoms with Gasteiger partial charge in [-0.3, -0.25) is 4.79 Å². The minimum absolute atomic E-state index is 0.0331. The van der Waals surface area contributed by atoms with E-state index in [9.17, 15) is 18.0 Å². The quantitative estimate of drug-likeness (QED) is 0.768. The second kappa shape index (κ2) is 7.48. The molecular weight excluding hydrogens is 396 g/mol. The molecule has 0 bridgehead atoms. The number of anilines is 1. The molecule has 3 rings (SSSR count). The maximum absolute atomic E-state index is 12.9. The first-order chi connectivity index (χ1) is 13.6. The standard InChI is InChI=1S/C18H18N6O4S/c1-10-5-4-6-14-17(10)29(27,28)24(18(26)21-14)9-15(25)20-12(3)16-11(2)7-13(8-19)22-23-16/h4-7,12H,9H2,1-3H3,(H,20,25)(H,21,26)/t12-/m1/s1. The zero-order chi connectivity index (χ0) is 21.3. The van der Waals surface area contributed by atoms with E-state index in [-0.39, 0.29) is 16.3 Å². The number of nitrogens with one attached hydrogen (secondary N) is 2. The molecule has 29 heavy (non-hydrogen) atoms. The molecule has 10 nitrogen and oxygen atoms in total. The van der Waals surface area contributed by atoms with Crippen molar-refractivity contribution in [2.24, 2.45) is 0 Å². The van der Waals surface area contributed by atoms with Crippen molar-refractivity contribution in [2.75, 3.05) is 11.9 Å². The van der Waals surface area contributed by atoms with Crippen LogP contribution in [0.2, 0.25) is 0 Å². The first-order valence-corrected chi connectivity index (χ1v) is 10.1. The number of aromatic nitrogens is 2. The Kier molecular flexibility index (Phi) is 5.21. The molecular formula is C18H18N6O4S. The summed E-state index contributed by atoms with van der Waals surface area (Å²) in [6.07, 6.45) is 0. The first kappa shape index (κ1) is 20.2. The summed E-state index contributed by atoms with van der Waals surface area (Å²) in [7, 11) is -4.18. The molecule has 1 atom stereocenters. The number of nitriles is 1. The number of benzene rings is 1. The van der Waals surface area contributed by atoms with E-state index in [0.29, 0.717) is 21.1 Å². The third-order valence-electron chi connectivity index (χ3n) is 4.44. The Morgan fingerprint density at radius 2 is 2.03 bits per heavy atom. The minimum atomic E-state index is -4.18. The lowest BCUT2D eigenvalue weighted by Crippen LogP contribution is -2.49. The number of hydrogen-bond donors (Lipinski definition) is 2. The van der Waals surface area contributed by atoms with E-state index in [0.717, 1.165) is 0 Å². The van der Waals surface area contributed by atoms with Gasteiger partial charge in [0.25, 0.3) is 10.0 Å². The summed E-state index contributed by atoms with van der Waals surface area (Å²) in [5.41, 5.74) is 1.88. The van der Waals surface area contributed by atoms with E-state index >= 15 is 0 Å². The van der Waals surface area contributed by atoms with Crippen molar-refractivity contribution in [1.82, 2.24) is 19.8 Å². The lowest BCUT2D eigenvalue weighted by atomic mass is 10.1. The Labute approximate surface area is 167 Å². The van der Waals surface area contributed by atoms with Crippen molar-refractivity contribution in [3.05, 3.63) is 46.8 Å². The summed E-state index contributed by atoms with van der Waals surface area (Å²) < 4.78 is 26.3. The van der Waals surface area contributed by atoms with Crippen LogP contribution >= 0.6 is 0 Å². The predicted octanol–water partition coefficient (Wildman–Crippen LogP) is 1.38. The Morgan fingerprint density at radius 1 is 1.31 bits per heavy atom. The Bertz CT molecular complexity index is 1160.